The second-order valence-corrected chi connectivity index (χ2v) is 6.09. The third kappa shape index (κ3) is 3.00. The van der Waals surface area contributed by atoms with Gasteiger partial charge in [0.15, 0.2) is 0 Å². The molecule has 2 heterocycles. The number of rotatable bonds is 4. The number of nitrogens with zero attached hydrogens (tertiary/aromatic N) is 4. The van der Waals surface area contributed by atoms with E-state index in [-0.39, 0.29) is 17.6 Å². The van der Waals surface area contributed by atoms with E-state index in [4.69, 9.17) is 5.73 Å². The third-order valence-corrected chi connectivity index (χ3v) is 4.41. The van der Waals surface area contributed by atoms with Crippen molar-refractivity contribution < 1.29 is 9.72 Å². The summed E-state index contributed by atoms with van der Waals surface area (Å²) < 4.78 is 1.54. The van der Waals surface area contributed by atoms with Crippen LogP contribution < -0.4 is 5.73 Å². The number of carbonyl (C=O) groups excluding carboxylic acids is 1. The Morgan fingerprint density at radius 3 is 2.71 bits per heavy atom. The highest BCUT2D eigenvalue weighted by molar-refractivity contribution is 5.94. The summed E-state index contributed by atoms with van der Waals surface area (Å²) in [4.78, 5) is 24.7. The number of hydrogen-bond acceptors (Lipinski definition) is 5. The molecule has 8 nitrogen and oxygen atoms in total. The van der Waals surface area contributed by atoms with Crippen molar-refractivity contribution in [3.63, 3.8) is 0 Å². The van der Waals surface area contributed by atoms with Crippen LogP contribution in [0.5, 0.6) is 0 Å². The van der Waals surface area contributed by atoms with Crippen LogP contribution in [0.25, 0.3) is 5.69 Å². The number of hydrogen-bond donors (Lipinski definition) is 1. The molecule has 126 valence electrons. The molecular formula is C16H19N5O3. The quantitative estimate of drug-likeness (QED) is 0.677. The van der Waals surface area contributed by atoms with Crippen LogP contribution in [-0.4, -0.2) is 44.6 Å². The van der Waals surface area contributed by atoms with Crippen molar-refractivity contribution in [3.05, 3.63) is 52.3 Å². The van der Waals surface area contributed by atoms with Crippen LogP contribution in [-0.2, 0) is 0 Å². The lowest BCUT2D eigenvalue weighted by molar-refractivity contribution is -0.384. The number of nitro groups is 1. The van der Waals surface area contributed by atoms with E-state index in [9.17, 15) is 14.9 Å². The van der Waals surface area contributed by atoms with Crippen molar-refractivity contribution in [3.8, 4) is 5.69 Å². The Bertz CT molecular complexity index is 755. The van der Waals surface area contributed by atoms with Crippen LogP contribution in [0, 0.1) is 16.0 Å². The number of carbonyl (C=O) groups is 1. The first kappa shape index (κ1) is 16.1. The average molecular weight is 329 g/mol. The second kappa shape index (κ2) is 6.40. The van der Waals surface area contributed by atoms with Gasteiger partial charge in [0.25, 0.3) is 11.6 Å². The summed E-state index contributed by atoms with van der Waals surface area (Å²) in [5, 5.41) is 14.9. The van der Waals surface area contributed by atoms with E-state index < -0.39 is 4.92 Å². The molecule has 1 aliphatic heterocycles. The van der Waals surface area contributed by atoms with Crippen molar-refractivity contribution in [1.29, 1.82) is 0 Å². The van der Waals surface area contributed by atoms with Gasteiger partial charge in [-0.25, -0.2) is 4.68 Å². The minimum Gasteiger partial charge on any atom is -0.336 e. The van der Waals surface area contributed by atoms with Crippen LogP contribution in [0.1, 0.15) is 23.7 Å². The SMILES string of the molecule is CC1CC(CN)CN1C(=O)c1cnn(-c2ccc([N+](=O)[O-])cc2)c1. The van der Waals surface area contributed by atoms with Gasteiger partial charge in [0, 0.05) is 30.9 Å². The lowest BCUT2D eigenvalue weighted by Gasteiger charge is -2.20. The fourth-order valence-electron chi connectivity index (χ4n) is 3.06. The average Bonchev–Trinajstić information content (AvgIpc) is 3.21. The Labute approximate surface area is 139 Å². The van der Waals surface area contributed by atoms with Gasteiger partial charge in [0.1, 0.15) is 0 Å². The molecule has 0 spiro atoms. The maximum atomic E-state index is 12.6. The topological polar surface area (TPSA) is 107 Å². The van der Waals surface area contributed by atoms with E-state index in [0.29, 0.717) is 30.3 Å². The summed E-state index contributed by atoms with van der Waals surface area (Å²) in [5.41, 5.74) is 6.88. The summed E-state index contributed by atoms with van der Waals surface area (Å²) in [5.74, 6) is 0.278. The number of aromatic nitrogens is 2. The zero-order valence-electron chi connectivity index (χ0n) is 13.3. The summed E-state index contributed by atoms with van der Waals surface area (Å²) in [7, 11) is 0. The van der Waals surface area contributed by atoms with Gasteiger partial charge in [-0.1, -0.05) is 0 Å². The summed E-state index contributed by atoms with van der Waals surface area (Å²) in [6.45, 7) is 3.27. The smallest absolute Gasteiger partial charge is 0.269 e. The molecule has 2 unspecified atom stereocenters. The van der Waals surface area contributed by atoms with E-state index in [2.05, 4.69) is 5.10 Å². The first-order valence-electron chi connectivity index (χ1n) is 7.80. The first-order chi connectivity index (χ1) is 11.5. The number of likely N-dealkylation sites (tertiary alicyclic amines) is 1. The highest BCUT2D eigenvalue weighted by atomic mass is 16.6. The van der Waals surface area contributed by atoms with E-state index in [1.54, 1.807) is 18.3 Å². The maximum Gasteiger partial charge on any atom is 0.269 e. The molecule has 24 heavy (non-hydrogen) atoms. The predicted molar refractivity (Wildman–Crippen MR) is 87.9 cm³/mol. The molecule has 0 saturated carbocycles. The first-order valence-corrected chi connectivity index (χ1v) is 7.80. The van der Waals surface area contributed by atoms with Crippen LogP contribution in [0.4, 0.5) is 5.69 Å². The summed E-state index contributed by atoms with van der Waals surface area (Å²) in [6, 6.07) is 6.18. The van der Waals surface area contributed by atoms with Crippen LogP contribution in [0.3, 0.4) is 0 Å². The fourth-order valence-corrected chi connectivity index (χ4v) is 3.06. The number of nitro benzene ring substituents is 1. The molecule has 2 atom stereocenters. The van der Waals surface area contributed by atoms with Crippen molar-refractivity contribution in [2.24, 2.45) is 11.7 Å². The van der Waals surface area contributed by atoms with Crippen molar-refractivity contribution in [2.45, 2.75) is 19.4 Å². The Kier molecular flexibility index (Phi) is 4.30. The van der Waals surface area contributed by atoms with Crippen molar-refractivity contribution in [2.75, 3.05) is 13.1 Å². The van der Waals surface area contributed by atoms with Crippen LogP contribution in [0.15, 0.2) is 36.7 Å². The molecule has 1 aliphatic rings. The van der Waals surface area contributed by atoms with E-state index >= 15 is 0 Å². The van der Waals surface area contributed by atoms with Crippen molar-refractivity contribution in [1.82, 2.24) is 14.7 Å². The second-order valence-electron chi connectivity index (χ2n) is 6.09. The standard InChI is InChI=1S/C16H19N5O3/c1-11-6-12(7-17)9-19(11)16(22)13-8-18-20(10-13)14-2-4-15(5-3-14)21(23)24/h2-5,8,10-12H,6-7,9,17H2,1H3. The highest BCUT2D eigenvalue weighted by Gasteiger charge is 2.32. The number of benzene rings is 1. The molecular weight excluding hydrogens is 310 g/mol. The molecule has 1 saturated heterocycles. The zero-order chi connectivity index (χ0) is 17.3. The Balaban J connectivity index is 1.78. The third-order valence-electron chi connectivity index (χ3n) is 4.41. The predicted octanol–water partition coefficient (Wildman–Crippen LogP) is 1.59. The Hall–Kier alpha value is -2.74. The van der Waals surface area contributed by atoms with E-state index in [1.807, 2.05) is 11.8 Å². The summed E-state index contributed by atoms with van der Waals surface area (Å²) >= 11 is 0. The largest absolute Gasteiger partial charge is 0.336 e. The monoisotopic (exact) mass is 329 g/mol. The molecule has 2 aromatic rings. The fraction of sp³-hybridized carbons (Fsp3) is 0.375. The van der Waals surface area contributed by atoms with Gasteiger partial charge in [-0.2, -0.15) is 5.10 Å². The lowest BCUT2D eigenvalue weighted by atomic mass is 10.1. The number of non-ortho nitro benzene ring substituents is 1. The molecule has 0 bridgehead atoms. The molecule has 2 N–H and O–H groups in total. The molecule has 0 radical (unpaired) electrons. The maximum absolute atomic E-state index is 12.6. The molecule has 0 aliphatic carbocycles. The minimum atomic E-state index is -0.454. The normalized spacial score (nSPS) is 20.3. The van der Waals surface area contributed by atoms with Gasteiger partial charge in [-0.05, 0) is 37.9 Å². The van der Waals surface area contributed by atoms with Gasteiger partial charge in [0.05, 0.1) is 22.4 Å². The van der Waals surface area contributed by atoms with Gasteiger partial charge in [-0.3, -0.25) is 14.9 Å². The lowest BCUT2D eigenvalue weighted by Crippen LogP contribution is -2.34. The minimum absolute atomic E-state index is 0.0147. The Morgan fingerprint density at radius 2 is 2.12 bits per heavy atom. The number of nitrogens with two attached hydrogens (primary N) is 1. The van der Waals surface area contributed by atoms with Crippen LogP contribution >= 0.6 is 0 Å². The van der Waals surface area contributed by atoms with Crippen LogP contribution in [0.2, 0.25) is 0 Å². The molecule has 8 heteroatoms. The van der Waals surface area contributed by atoms with Gasteiger partial charge in [0.2, 0.25) is 0 Å². The number of amides is 1. The Morgan fingerprint density at radius 1 is 1.42 bits per heavy atom. The molecule has 1 amide bonds. The van der Waals surface area contributed by atoms with E-state index in [1.165, 1.54) is 23.0 Å². The molecule has 1 fully saturated rings. The van der Waals surface area contributed by atoms with Gasteiger partial charge >= 0.3 is 0 Å². The zero-order valence-corrected chi connectivity index (χ0v) is 13.3. The highest BCUT2D eigenvalue weighted by Crippen LogP contribution is 2.24. The summed E-state index contributed by atoms with van der Waals surface area (Å²) in [6.07, 6.45) is 4.08. The van der Waals surface area contributed by atoms with E-state index in [0.717, 1.165) is 6.42 Å². The van der Waals surface area contributed by atoms with Gasteiger partial charge < -0.3 is 10.6 Å². The van der Waals surface area contributed by atoms with Gasteiger partial charge in [-0.15, -0.1) is 0 Å². The van der Waals surface area contributed by atoms with Crippen molar-refractivity contribution >= 4 is 11.6 Å². The molecule has 1 aromatic carbocycles. The molecule has 1 aromatic heterocycles. The molecule has 3 rings (SSSR count).